The number of sulfonamides is 1. The normalized spacial score (nSPS) is 21.2. The van der Waals surface area contributed by atoms with Crippen molar-refractivity contribution >= 4 is 41.9 Å². The van der Waals surface area contributed by atoms with Gasteiger partial charge < -0.3 is 4.90 Å². The van der Waals surface area contributed by atoms with Gasteiger partial charge in [0, 0.05) is 27.6 Å². The Bertz CT molecular complexity index is 783. The van der Waals surface area contributed by atoms with E-state index in [0.717, 1.165) is 0 Å². The van der Waals surface area contributed by atoms with Gasteiger partial charge in [0.15, 0.2) is 6.19 Å². The van der Waals surface area contributed by atoms with Crippen LogP contribution in [0.3, 0.4) is 0 Å². The first-order chi connectivity index (χ1) is 10.8. The monoisotopic (exact) mass is 459 g/mol. The average molecular weight is 461 g/mol. The Kier molecular flexibility index (Phi) is 5.74. The lowest BCUT2D eigenvalue weighted by molar-refractivity contribution is 0.342. The first kappa shape index (κ1) is 18.3. The van der Waals surface area contributed by atoms with Crippen molar-refractivity contribution in [1.29, 1.82) is 5.26 Å². The average Bonchev–Trinajstić information content (AvgIpc) is 2.87. The summed E-state index contributed by atoms with van der Waals surface area (Å²) in [5, 5.41) is 9.12. The maximum Gasteiger partial charge on any atom is 0.245 e. The highest BCUT2D eigenvalue weighted by Gasteiger charge is 2.39. The Morgan fingerprint density at radius 3 is 2.74 bits per heavy atom. The molecule has 1 aromatic rings. The third-order valence-electron chi connectivity index (χ3n) is 3.82. The molecule has 8 heteroatoms. The van der Waals surface area contributed by atoms with E-state index in [-0.39, 0.29) is 23.5 Å². The molecule has 0 saturated carbocycles. The van der Waals surface area contributed by atoms with Crippen LogP contribution in [0.25, 0.3) is 0 Å². The SMILES string of the molecule is C#CCN(C1CC(C)N(C#N)C1)S(=O)(=O)c1cc(Br)ccc1Br. The molecule has 1 heterocycles. The van der Waals surface area contributed by atoms with Crippen LogP contribution in [-0.2, 0) is 10.0 Å². The number of nitrogens with zero attached hydrogens (tertiary/aromatic N) is 3. The zero-order valence-electron chi connectivity index (χ0n) is 12.4. The quantitative estimate of drug-likeness (QED) is 0.511. The van der Waals surface area contributed by atoms with Crippen molar-refractivity contribution in [2.24, 2.45) is 0 Å². The van der Waals surface area contributed by atoms with Crippen LogP contribution < -0.4 is 0 Å². The number of terminal acetylenes is 1. The van der Waals surface area contributed by atoms with Gasteiger partial charge in [0.2, 0.25) is 10.0 Å². The second kappa shape index (κ2) is 7.23. The van der Waals surface area contributed by atoms with Gasteiger partial charge in [0.25, 0.3) is 0 Å². The molecule has 5 nitrogen and oxygen atoms in total. The van der Waals surface area contributed by atoms with Gasteiger partial charge in [-0.2, -0.15) is 9.57 Å². The highest BCUT2D eigenvalue weighted by atomic mass is 79.9. The number of benzene rings is 1. The highest BCUT2D eigenvalue weighted by molar-refractivity contribution is 9.11. The summed E-state index contributed by atoms with van der Waals surface area (Å²) in [5.41, 5.74) is 0. The van der Waals surface area contributed by atoms with Crippen molar-refractivity contribution in [3.63, 3.8) is 0 Å². The van der Waals surface area contributed by atoms with Crippen LogP contribution in [0.15, 0.2) is 32.0 Å². The van der Waals surface area contributed by atoms with Crippen molar-refractivity contribution in [2.45, 2.75) is 30.3 Å². The van der Waals surface area contributed by atoms with Crippen LogP contribution in [0.2, 0.25) is 0 Å². The van der Waals surface area contributed by atoms with Gasteiger partial charge in [-0.25, -0.2) is 8.42 Å². The number of hydrogen-bond donors (Lipinski definition) is 0. The molecule has 0 amide bonds. The van der Waals surface area contributed by atoms with E-state index >= 15 is 0 Å². The van der Waals surface area contributed by atoms with Crippen molar-refractivity contribution in [3.8, 4) is 18.5 Å². The molecule has 1 aliphatic rings. The van der Waals surface area contributed by atoms with Crippen LogP contribution in [0.5, 0.6) is 0 Å². The van der Waals surface area contributed by atoms with Gasteiger partial charge in [0.05, 0.1) is 11.4 Å². The number of hydrogen-bond acceptors (Lipinski definition) is 4. The van der Waals surface area contributed by atoms with Crippen molar-refractivity contribution in [2.75, 3.05) is 13.1 Å². The van der Waals surface area contributed by atoms with E-state index in [1.807, 2.05) is 6.92 Å². The fourth-order valence-corrected chi connectivity index (χ4v) is 5.66. The predicted molar refractivity (Wildman–Crippen MR) is 94.8 cm³/mol. The number of likely N-dealkylation sites (tertiary alicyclic amines) is 1. The summed E-state index contributed by atoms with van der Waals surface area (Å²) in [6.45, 7) is 2.22. The predicted octanol–water partition coefficient (Wildman–Crippen LogP) is 2.78. The minimum Gasteiger partial charge on any atom is -0.306 e. The Hall–Kier alpha value is -1.06. The topological polar surface area (TPSA) is 64.4 Å². The smallest absolute Gasteiger partial charge is 0.245 e. The third-order valence-corrected chi connectivity index (χ3v) is 7.20. The molecule has 0 aliphatic carbocycles. The Morgan fingerprint density at radius 2 is 2.17 bits per heavy atom. The Morgan fingerprint density at radius 1 is 1.48 bits per heavy atom. The van der Waals surface area contributed by atoms with Crippen molar-refractivity contribution in [1.82, 2.24) is 9.21 Å². The van der Waals surface area contributed by atoms with E-state index in [9.17, 15) is 8.42 Å². The van der Waals surface area contributed by atoms with E-state index in [2.05, 4.69) is 44.0 Å². The summed E-state index contributed by atoms with van der Waals surface area (Å²) >= 11 is 6.59. The molecule has 1 aromatic carbocycles. The summed E-state index contributed by atoms with van der Waals surface area (Å²) in [7, 11) is -3.78. The third kappa shape index (κ3) is 3.72. The molecule has 0 radical (unpaired) electrons. The lowest BCUT2D eigenvalue weighted by Gasteiger charge is -2.26. The molecule has 0 bridgehead atoms. The number of halogens is 2. The molecule has 2 rings (SSSR count). The summed E-state index contributed by atoms with van der Waals surface area (Å²) in [6.07, 6.45) is 8.05. The Labute approximate surface area is 153 Å². The minimum absolute atomic E-state index is 0.00794. The summed E-state index contributed by atoms with van der Waals surface area (Å²) in [4.78, 5) is 1.74. The zero-order chi connectivity index (χ0) is 17.2. The van der Waals surface area contributed by atoms with E-state index in [4.69, 9.17) is 11.7 Å². The molecule has 2 atom stereocenters. The lowest BCUT2D eigenvalue weighted by Crippen LogP contribution is -2.42. The molecule has 2 unspecified atom stereocenters. The minimum atomic E-state index is -3.78. The van der Waals surface area contributed by atoms with Gasteiger partial charge in [-0.15, -0.1) is 6.42 Å². The van der Waals surface area contributed by atoms with Crippen molar-refractivity contribution < 1.29 is 8.42 Å². The molecular weight excluding hydrogens is 446 g/mol. The van der Waals surface area contributed by atoms with Gasteiger partial charge in [-0.3, -0.25) is 0 Å². The van der Waals surface area contributed by atoms with E-state index in [1.165, 1.54) is 4.31 Å². The second-order valence-electron chi connectivity index (χ2n) is 5.32. The molecular formula is C15H15Br2N3O2S. The zero-order valence-corrected chi connectivity index (χ0v) is 16.4. The fourth-order valence-electron chi connectivity index (χ4n) is 2.65. The lowest BCUT2D eigenvalue weighted by atomic mass is 10.2. The van der Waals surface area contributed by atoms with Crippen LogP contribution in [0.1, 0.15) is 13.3 Å². The Balaban J connectivity index is 2.43. The summed E-state index contributed by atoms with van der Waals surface area (Å²) in [5.74, 6) is 2.42. The fraction of sp³-hybridized carbons (Fsp3) is 0.400. The summed E-state index contributed by atoms with van der Waals surface area (Å²) in [6, 6.07) is 4.64. The molecule has 1 fully saturated rings. The highest BCUT2D eigenvalue weighted by Crippen LogP contribution is 2.31. The molecule has 23 heavy (non-hydrogen) atoms. The molecule has 1 saturated heterocycles. The van der Waals surface area contributed by atoms with Gasteiger partial charge in [-0.1, -0.05) is 21.9 Å². The van der Waals surface area contributed by atoms with Gasteiger partial charge >= 0.3 is 0 Å². The van der Waals surface area contributed by atoms with Crippen molar-refractivity contribution in [3.05, 3.63) is 27.1 Å². The molecule has 0 spiro atoms. The van der Waals surface area contributed by atoms with Crippen LogP contribution in [0.4, 0.5) is 0 Å². The molecule has 122 valence electrons. The van der Waals surface area contributed by atoms with E-state index in [1.54, 1.807) is 23.1 Å². The number of rotatable bonds is 4. The van der Waals surface area contributed by atoms with Crippen LogP contribution in [-0.4, -0.2) is 42.8 Å². The number of nitriles is 1. The van der Waals surface area contributed by atoms with Gasteiger partial charge in [0.1, 0.15) is 0 Å². The molecule has 0 N–H and O–H groups in total. The molecule has 1 aliphatic heterocycles. The largest absolute Gasteiger partial charge is 0.306 e. The first-order valence-corrected chi connectivity index (χ1v) is 9.90. The van der Waals surface area contributed by atoms with E-state index < -0.39 is 10.0 Å². The van der Waals surface area contributed by atoms with E-state index in [0.29, 0.717) is 21.9 Å². The summed E-state index contributed by atoms with van der Waals surface area (Å²) < 4.78 is 28.6. The van der Waals surface area contributed by atoms with Gasteiger partial charge in [-0.05, 0) is 47.5 Å². The first-order valence-electron chi connectivity index (χ1n) is 6.88. The van der Waals surface area contributed by atoms with Crippen LogP contribution >= 0.6 is 31.9 Å². The molecule has 0 aromatic heterocycles. The maximum absolute atomic E-state index is 13.1. The van der Waals surface area contributed by atoms with Crippen LogP contribution in [0, 0.1) is 23.8 Å². The second-order valence-corrected chi connectivity index (χ2v) is 8.95. The maximum atomic E-state index is 13.1. The standard InChI is InChI=1S/C15H15Br2N3O2S/c1-3-6-20(13-7-11(2)19(9-13)10-18)23(21,22)15-8-12(16)4-5-14(15)17/h1,4-5,8,11,13H,6-7,9H2,2H3.